The monoisotopic (exact) mass is 494 g/mol. The molecule has 1 aliphatic carbocycles. The average Bonchev–Trinajstić information content (AvgIpc) is 3.55. The van der Waals surface area contributed by atoms with Gasteiger partial charge in [0.25, 0.3) is 5.91 Å². The van der Waals surface area contributed by atoms with Gasteiger partial charge in [0.2, 0.25) is 10.0 Å². The largest absolute Gasteiger partial charge is 0.495 e. The van der Waals surface area contributed by atoms with E-state index in [0.717, 1.165) is 12.8 Å². The maximum absolute atomic E-state index is 13.1. The van der Waals surface area contributed by atoms with Crippen LogP contribution in [-0.2, 0) is 19.6 Å². The molecular formula is C23H27ClN2O6S. The lowest BCUT2D eigenvalue weighted by Crippen LogP contribution is -2.32. The van der Waals surface area contributed by atoms with Crippen molar-refractivity contribution in [3.05, 3.63) is 58.6 Å². The number of sulfonamides is 1. The third-order valence-corrected chi connectivity index (χ3v) is 6.82. The summed E-state index contributed by atoms with van der Waals surface area (Å²) in [6.45, 7) is 3.46. The Kier molecular flexibility index (Phi) is 7.99. The number of carbonyl (C=O) groups is 2. The van der Waals surface area contributed by atoms with Crippen molar-refractivity contribution >= 4 is 33.5 Å². The smallest absolute Gasteiger partial charge is 0.308 e. The van der Waals surface area contributed by atoms with E-state index >= 15 is 0 Å². The highest BCUT2D eigenvalue weighted by Gasteiger charge is 2.31. The van der Waals surface area contributed by atoms with Crippen molar-refractivity contribution in [3.63, 3.8) is 0 Å². The number of carbonyl (C=O) groups excluding carboxylic acids is 2. The summed E-state index contributed by atoms with van der Waals surface area (Å²) in [7, 11) is -2.51. The molecular weight excluding hydrogens is 468 g/mol. The predicted molar refractivity (Wildman–Crippen MR) is 124 cm³/mol. The number of amides is 1. The molecule has 2 aromatic carbocycles. The number of benzene rings is 2. The molecule has 8 nitrogen and oxygen atoms in total. The zero-order valence-electron chi connectivity index (χ0n) is 18.6. The first-order chi connectivity index (χ1) is 15.6. The molecule has 1 atom stereocenters. The average molecular weight is 495 g/mol. The van der Waals surface area contributed by atoms with E-state index in [1.807, 2.05) is 0 Å². The van der Waals surface area contributed by atoms with Gasteiger partial charge in [0.05, 0.1) is 25.7 Å². The second kappa shape index (κ2) is 10.5. The van der Waals surface area contributed by atoms with Crippen LogP contribution in [0, 0.1) is 0 Å². The number of methoxy groups -OCH3 is 1. The summed E-state index contributed by atoms with van der Waals surface area (Å²) in [5.74, 6) is -0.937. The maximum atomic E-state index is 13.1. The van der Waals surface area contributed by atoms with Gasteiger partial charge in [-0.3, -0.25) is 9.59 Å². The highest BCUT2D eigenvalue weighted by atomic mass is 35.5. The molecule has 1 amide bonds. The molecule has 3 rings (SSSR count). The number of esters is 1. The van der Waals surface area contributed by atoms with Gasteiger partial charge in [-0.05, 0) is 56.5 Å². The van der Waals surface area contributed by atoms with E-state index in [0.29, 0.717) is 10.6 Å². The number of nitrogens with one attached hydrogen (secondary N) is 2. The molecule has 1 fully saturated rings. The predicted octanol–water partition coefficient (Wildman–Crippen LogP) is 3.60. The zero-order valence-corrected chi connectivity index (χ0v) is 20.2. The first-order valence-electron chi connectivity index (χ1n) is 10.6. The number of halogens is 1. The summed E-state index contributed by atoms with van der Waals surface area (Å²) in [5, 5.41) is 3.16. The van der Waals surface area contributed by atoms with Crippen LogP contribution in [0.15, 0.2) is 47.4 Å². The van der Waals surface area contributed by atoms with Crippen molar-refractivity contribution in [2.45, 2.75) is 56.2 Å². The second-order valence-electron chi connectivity index (χ2n) is 8.05. The van der Waals surface area contributed by atoms with E-state index < -0.39 is 27.9 Å². The lowest BCUT2D eigenvalue weighted by atomic mass is 10.0. The van der Waals surface area contributed by atoms with Gasteiger partial charge in [0.1, 0.15) is 10.6 Å². The highest BCUT2D eigenvalue weighted by Crippen LogP contribution is 2.30. The molecule has 1 saturated carbocycles. The minimum absolute atomic E-state index is 0.0984. The summed E-state index contributed by atoms with van der Waals surface area (Å²) in [4.78, 5) is 25.3. The van der Waals surface area contributed by atoms with Gasteiger partial charge in [0.15, 0.2) is 0 Å². The van der Waals surface area contributed by atoms with Crippen molar-refractivity contribution < 1.29 is 27.5 Å². The van der Waals surface area contributed by atoms with Crippen LogP contribution in [0.4, 0.5) is 0 Å². The molecule has 1 aliphatic rings. The van der Waals surface area contributed by atoms with Crippen molar-refractivity contribution in [2.24, 2.45) is 0 Å². The van der Waals surface area contributed by atoms with Crippen LogP contribution in [0.1, 0.15) is 55.1 Å². The van der Waals surface area contributed by atoms with Gasteiger partial charge in [0, 0.05) is 16.6 Å². The van der Waals surface area contributed by atoms with Gasteiger partial charge < -0.3 is 14.8 Å². The normalized spacial score (nSPS) is 14.6. The van der Waals surface area contributed by atoms with Crippen LogP contribution in [0.25, 0.3) is 0 Å². The van der Waals surface area contributed by atoms with Gasteiger partial charge in [-0.15, -0.1) is 0 Å². The Bertz CT molecular complexity index is 1130. The fraction of sp³-hybridized carbons (Fsp3) is 0.391. The minimum atomic E-state index is -3.87. The third-order valence-electron chi connectivity index (χ3n) is 4.94. The van der Waals surface area contributed by atoms with Gasteiger partial charge in [-0.25, -0.2) is 13.1 Å². The molecule has 2 N–H and O–H groups in total. The van der Waals surface area contributed by atoms with E-state index in [4.69, 9.17) is 21.1 Å². The summed E-state index contributed by atoms with van der Waals surface area (Å²) in [6, 6.07) is 10.1. The molecule has 0 saturated heterocycles. The van der Waals surface area contributed by atoms with Crippen LogP contribution >= 0.6 is 11.6 Å². The van der Waals surface area contributed by atoms with E-state index in [2.05, 4.69) is 10.0 Å². The van der Waals surface area contributed by atoms with Crippen molar-refractivity contribution in [1.29, 1.82) is 0 Å². The molecule has 33 heavy (non-hydrogen) atoms. The number of hydrogen-bond donors (Lipinski definition) is 2. The number of ether oxygens (including phenoxy) is 2. The Morgan fingerprint density at radius 1 is 1.15 bits per heavy atom. The first kappa shape index (κ1) is 25.0. The second-order valence-corrected chi connectivity index (χ2v) is 10.1. The van der Waals surface area contributed by atoms with E-state index in [9.17, 15) is 18.0 Å². The molecule has 0 bridgehead atoms. The van der Waals surface area contributed by atoms with Crippen LogP contribution in [-0.4, -0.2) is 39.5 Å². The number of hydrogen-bond acceptors (Lipinski definition) is 6. The quantitative estimate of drug-likeness (QED) is 0.488. The lowest BCUT2D eigenvalue weighted by molar-refractivity contribution is -0.147. The molecule has 0 radical (unpaired) electrons. The van der Waals surface area contributed by atoms with Crippen LogP contribution in [0.2, 0.25) is 5.02 Å². The van der Waals surface area contributed by atoms with Gasteiger partial charge in [-0.2, -0.15) is 0 Å². The van der Waals surface area contributed by atoms with E-state index in [1.165, 1.54) is 25.3 Å². The van der Waals surface area contributed by atoms with Crippen molar-refractivity contribution in [1.82, 2.24) is 10.0 Å². The Labute approximate surface area is 198 Å². The third kappa shape index (κ3) is 6.69. The first-order valence-corrected chi connectivity index (χ1v) is 12.4. The topological polar surface area (TPSA) is 111 Å². The SMILES string of the molecule is COc1ccc(C(=O)NC(CC(=O)OC(C)C)c2ccccc2Cl)cc1S(=O)(=O)NC1CC1. The fourth-order valence-corrected chi connectivity index (χ4v) is 5.00. The molecule has 2 aromatic rings. The summed E-state index contributed by atoms with van der Waals surface area (Å²) < 4.78 is 38.6. The van der Waals surface area contributed by atoms with Gasteiger partial charge in [-0.1, -0.05) is 29.8 Å². The van der Waals surface area contributed by atoms with Crippen LogP contribution < -0.4 is 14.8 Å². The number of rotatable bonds is 10. The van der Waals surface area contributed by atoms with Crippen molar-refractivity contribution in [3.8, 4) is 5.75 Å². The molecule has 1 unspecified atom stereocenters. The summed E-state index contributed by atoms with van der Waals surface area (Å²) in [5.41, 5.74) is 0.645. The minimum Gasteiger partial charge on any atom is -0.495 e. The molecule has 10 heteroatoms. The van der Waals surface area contributed by atoms with Crippen molar-refractivity contribution in [2.75, 3.05) is 7.11 Å². The Morgan fingerprint density at radius 3 is 2.45 bits per heavy atom. The molecule has 0 heterocycles. The van der Waals surface area contributed by atoms with Crippen LogP contribution in [0.5, 0.6) is 5.75 Å². The highest BCUT2D eigenvalue weighted by molar-refractivity contribution is 7.89. The van der Waals surface area contributed by atoms with Gasteiger partial charge >= 0.3 is 5.97 Å². The molecule has 178 valence electrons. The summed E-state index contributed by atoms with van der Waals surface area (Å²) in [6.07, 6.45) is 1.09. The zero-order chi connectivity index (χ0) is 24.2. The molecule has 0 spiro atoms. The Balaban J connectivity index is 1.89. The lowest BCUT2D eigenvalue weighted by Gasteiger charge is -2.21. The van der Waals surface area contributed by atoms with E-state index in [1.54, 1.807) is 38.1 Å². The maximum Gasteiger partial charge on any atom is 0.308 e. The molecule has 0 aliphatic heterocycles. The fourth-order valence-electron chi connectivity index (χ4n) is 3.23. The summed E-state index contributed by atoms with van der Waals surface area (Å²) >= 11 is 6.31. The Hall–Kier alpha value is -2.62. The van der Waals surface area contributed by atoms with E-state index in [-0.39, 0.29) is 34.8 Å². The molecule has 0 aromatic heterocycles. The van der Waals surface area contributed by atoms with Crippen LogP contribution in [0.3, 0.4) is 0 Å². The Morgan fingerprint density at radius 2 is 1.85 bits per heavy atom. The standard InChI is InChI=1S/C23H27ClN2O6S/c1-14(2)32-22(27)13-19(17-6-4-5-7-18(17)24)25-23(28)15-8-11-20(31-3)21(12-15)33(29,30)26-16-9-10-16/h4-8,11-12,14,16,19,26H,9-10,13H2,1-3H3,(H,25,28).